The number of piperazine rings is 1. The average Bonchev–Trinajstić information content (AvgIpc) is 2.77. The van der Waals surface area contributed by atoms with Gasteiger partial charge in [-0.05, 0) is 37.6 Å². The summed E-state index contributed by atoms with van der Waals surface area (Å²) in [6, 6.07) is 21.4. The van der Waals surface area contributed by atoms with Crippen molar-refractivity contribution in [2.24, 2.45) is 4.99 Å². The Morgan fingerprint density at radius 2 is 1.61 bits per heavy atom. The van der Waals surface area contributed by atoms with Gasteiger partial charge in [0.25, 0.3) is 0 Å². The lowest BCUT2D eigenvalue weighted by molar-refractivity contribution is 0.255. The van der Waals surface area contributed by atoms with Crippen LogP contribution in [-0.4, -0.2) is 57.2 Å². The van der Waals surface area contributed by atoms with Gasteiger partial charge < -0.3 is 15.5 Å². The lowest BCUT2D eigenvalue weighted by Crippen LogP contribution is -2.47. The summed E-state index contributed by atoms with van der Waals surface area (Å²) < 4.78 is 0. The highest BCUT2D eigenvalue weighted by molar-refractivity contribution is 5.80. The maximum absolute atomic E-state index is 4.36. The van der Waals surface area contributed by atoms with Crippen LogP contribution in [0.25, 0.3) is 0 Å². The first-order valence-corrected chi connectivity index (χ1v) is 10.3. The minimum atomic E-state index is 0.235. The monoisotopic (exact) mass is 379 g/mol. The molecule has 5 heteroatoms. The van der Waals surface area contributed by atoms with Crippen LogP contribution in [-0.2, 0) is 0 Å². The summed E-state index contributed by atoms with van der Waals surface area (Å²) in [7, 11) is 1.83. The molecule has 0 saturated carbocycles. The second-order valence-corrected chi connectivity index (χ2v) is 7.29. The molecule has 0 bridgehead atoms. The fraction of sp³-hybridized carbons (Fsp3) is 0.435. The maximum Gasteiger partial charge on any atom is 0.191 e. The number of nitrogens with zero attached hydrogens (tertiary/aromatic N) is 3. The second kappa shape index (κ2) is 10.7. The average molecular weight is 380 g/mol. The molecule has 2 N–H and O–H groups in total. The van der Waals surface area contributed by atoms with Gasteiger partial charge in [0.05, 0.1) is 6.04 Å². The van der Waals surface area contributed by atoms with Crippen molar-refractivity contribution in [1.82, 2.24) is 15.5 Å². The zero-order chi connectivity index (χ0) is 19.6. The molecule has 1 aliphatic rings. The molecule has 0 spiro atoms. The Morgan fingerprint density at radius 3 is 2.25 bits per heavy atom. The number of anilines is 1. The third-order valence-electron chi connectivity index (χ3n) is 5.31. The molecule has 5 nitrogen and oxygen atoms in total. The highest BCUT2D eigenvalue weighted by Gasteiger charge is 2.16. The molecule has 28 heavy (non-hydrogen) atoms. The quantitative estimate of drug-likeness (QED) is 0.441. The van der Waals surface area contributed by atoms with Gasteiger partial charge in [-0.2, -0.15) is 0 Å². The molecular weight excluding hydrogens is 346 g/mol. The predicted molar refractivity (Wildman–Crippen MR) is 119 cm³/mol. The smallest absolute Gasteiger partial charge is 0.191 e. The summed E-state index contributed by atoms with van der Waals surface area (Å²) in [5, 5.41) is 6.91. The summed E-state index contributed by atoms with van der Waals surface area (Å²) in [6.07, 6.45) is 1.12. The molecule has 0 aliphatic carbocycles. The molecule has 3 rings (SSSR count). The Balaban J connectivity index is 1.33. The molecule has 150 valence electrons. The van der Waals surface area contributed by atoms with Gasteiger partial charge in [-0.1, -0.05) is 48.5 Å². The van der Waals surface area contributed by atoms with Crippen LogP contribution in [0.2, 0.25) is 0 Å². The van der Waals surface area contributed by atoms with Crippen molar-refractivity contribution in [2.75, 3.05) is 51.2 Å². The van der Waals surface area contributed by atoms with Crippen LogP contribution in [0.3, 0.4) is 0 Å². The summed E-state index contributed by atoms with van der Waals surface area (Å²) >= 11 is 0. The lowest BCUT2D eigenvalue weighted by atomic mass is 10.1. The zero-order valence-corrected chi connectivity index (χ0v) is 17.1. The Bertz CT molecular complexity index is 708. The van der Waals surface area contributed by atoms with Gasteiger partial charge in [-0.25, -0.2) is 0 Å². The van der Waals surface area contributed by atoms with Gasteiger partial charge in [-0.15, -0.1) is 0 Å². The van der Waals surface area contributed by atoms with Gasteiger partial charge >= 0.3 is 0 Å². The third-order valence-corrected chi connectivity index (χ3v) is 5.31. The lowest BCUT2D eigenvalue weighted by Gasteiger charge is -2.36. The van der Waals surface area contributed by atoms with Crippen molar-refractivity contribution in [3.05, 3.63) is 66.2 Å². The van der Waals surface area contributed by atoms with Crippen molar-refractivity contribution in [1.29, 1.82) is 0 Å². The molecule has 0 aromatic heterocycles. The summed E-state index contributed by atoms with van der Waals surface area (Å²) in [5.41, 5.74) is 2.60. The summed E-state index contributed by atoms with van der Waals surface area (Å²) in [6.45, 7) is 8.69. The van der Waals surface area contributed by atoms with E-state index in [1.807, 2.05) is 13.1 Å². The number of hydrogen-bond acceptors (Lipinski definition) is 3. The van der Waals surface area contributed by atoms with Crippen molar-refractivity contribution < 1.29 is 0 Å². The second-order valence-electron chi connectivity index (χ2n) is 7.29. The zero-order valence-electron chi connectivity index (χ0n) is 17.1. The fourth-order valence-corrected chi connectivity index (χ4v) is 3.60. The number of rotatable bonds is 7. The van der Waals surface area contributed by atoms with E-state index in [1.165, 1.54) is 11.3 Å². The van der Waals surface area contributed by atoms with Crippen LogP contribution in [0.1, 0.15) is 24.9 Å². The van der Waals surface area contributed by atoms with E-state index in [0.717, 1.165) is 51.6 Å². The number of hydrogen-bond donors (Lipinski definition) is 2. The number of aliphatic imine (C=N–C) groups is 1. The predicted octanol–water partition coefficient (Wildman–Crippen LogP) is 3.12. The van der Waals surface area contributed by atoms with Crippen LogP contribution in [0, 0.1) is 0 Å². The van der Waals surface area contributed by atoms with Gasteiger partial charge in [-0.3, -0.25) is 9.89 Å². The largest absolute Gasteiger partial charge is 0.369 e. The van der Waals surface area contributed by atoms with E-state index in [9.17, 15) is 0 Å². The summed E-state index contributed by atoms with van der Waals surface area (Å²) in [5.74, 6) is 0.866. The van der Waals surface area contributed by atoms with Crippen LogP contribution >= 0.6 is 0 Å². The van der Waals surface area contributed by atoms with Crippen molar-refractivity contribution in [3.8, 4) is 0 Å². The summed E-state index contributed by atoms with van der Waals surface area (Å²) in [4.78, 5) is 9.39. The minimum Gasteiger partial charge on any atom is -0.369 e. The minimum absolute atomic E-state index is 0.235. The van der Waals surface area contributed by atoms with Crippen LogP contribution in [0.4, 0.5) is 5.69 Å². The van der Waals surface area contributed by atoms with Crippen molar-refractivity contribution in [2.45, 2.75) is 19.4 Å². The number of benzene rings is 2. The van der Waals surface area contributed by atoms with Gasteiger partial charge in [0.15, 0.2) is 5.96 Å². The fourth-order valence-electron chi connectivity index (χ4n) is 3.60. The molecule has 1 saturated heterocycles. The Morgan fingerprint density at radius 1 is 0.964 bits per heavy atom. The first kappa shape index (κ1) is 20.2. The van der Waals surface area contributed by atoms with E-state index >= 15 is 0 Å². The van der Waals surface area contributed by atoms with Crippen LogP contribution < -0.4 is 15.5 Å². The molecule has 1 unspecified atom stereocenters. The Kier molecular flexibility index (Phi) is 7.73. The topological polar surface area (TPSA) is 42.9 Å². The van der Waals surface area contributed by atoms with E-state index in [-0.39, 0.29) is 6.04 Å². The van der Waals surface area contributed by atoms with Crippen molar-refractivity contribution in [3.63, 3.8) is 0 Å². The molecule has 1 fully saturated rings. The van der Waals surface area contributed by atoms with E-state index in [1.54, 1.807) is 0 Å². The first-order valence-electron chi connectivity index (χ1n) is 10.3. The molecule has 1 heterocycles. The number of guanidine groups is 1. The maximum atomic E-state index is 4.36. The van der Waals surface area contributed by atoms with E-state index < -0.39 is 0 Å². The Hall–Kier alpha value is -2.53. The third kappa shape index (κ3) is 5.99. The van der Waals surface area contributed by atoms with Gasteiger partial charge in [0.1, 0.15) is 0 Å². The van der Waals surface area contributed by atoms with E-state index in [2.05, 4.69) is 86.9 Å². The first-order chi connectivity index (χ1) is 13.8. The Labute approximate surface area is 169 Å². The molecule has 0 amide bonds. The SMILES string of the molecule is CN=C(NCCCN1CCN(c2ccccc2)CC1)NC(C)c1ccccc1. The molecule has 2 aromatic rings. The molecule has 1 atom stereocenters. The van der Waals surface area contributed by atoms with E-state index in [4.69, 9.17) is 0 Å². The molecule has 0 radical (unpaired) electrons. The van der Waals surface area contributed by atoms with E-state index in [0.29, 0.717) is 0 Å². The van der Waals surface area contributed by atoms with Crippen LogP contribution in [0.5, 0.6) is 0 Å². The number of para-hydroxylation sites is 1. The van der Waals surface area contributed by atoms with Crippen molar-refractivity contribution >= 4 is 11.6 Å². The molecule has 2 aromatic carbocycles. The molecular formula is C23H33N5. The normalized spacial score (nSPS) is 16.6. The van der Waals surface area contributed by atoms with Gasteiger partial charge in [0, 0.05) is 45.5 Å². The molecule has 1 aliphatic heterocycles. The van der Waals surface area contributed by atoms with Crippen LogP contribution in [0.15, 0.2) is 65.7 Å². The number of nitrogens with one attached hydrogen (secondary N) is 2. The highest BCUT2D eigenvalue weighted by Crippen LogP contribution is 2.15. The standard InChI is InChI=1S/C23H33N5/c1-20(21-10-5-3-6-11-21)26-23(24-2)25-14-9-15-27-16-18-28(19-17-27)22-12-7-4-8-13-22/h3-8,10-13,20H,9,14-19H2,1-2H3,(H2,24,25,26). The highest BCUT2D eigenvalue weighted by atomic mass is 15.3. The van der Waals surface area contributed by atoms with Gasteiger partial charge in [0.2, 0.25) is 0 Å².